The van der Waals surface area contributed by atoms with Crippen LogP contribution in [-0.4, -0.2) is 32.4 Å². The molecule has 0 radical (unpaired) electrons. The molecule has 0 fully saturated rings. The van der Waals surface area contributed by atoms with Crippen LogP contribution in [-0.2, 0) is 4.79 Å². The zero-order valence-electron chi connectivity index (χ0n) is 15.5. The number of aryl methyl sites for hydroxylation is 2. The Morgan fingerprint density at radius 2 is 1.85 bits per heavy atom. The van der Waals surface area contributed by atoms with Gasteiger partial charge >= 0.3 is 0 Å². The van der Waals surface area contributed by atoms with Crippen LogP contribution >= 0.6 is 0 Å². The van der Waals surface area contributed by atoms with Crippen molar-refractivity contribution < 1.29 is 19.0 Å². The topological polar surface area (TPSA) is 69.2 Å². The summed E-state index contributed by atoms with van der Waals surface area (Å²) in [6.45, 7) is 6.21. The summed E-state index contributed by atoms with van der Waals surface area (Å²) in [7, 11) is 1.59. The Morgan fingerprint density at radius 1 is 1.12 bits per heavy atom. The molecule has 2 aromatic rings. The molecule has 0 aliphatic heterocycles. The second-order valence-corrected chi connectivity index (χ2v) is 5.65. The highest BCUT2D eigenvalue weighted by Gasteiger charge is 2.07. The van der Waals surface area contributed by atoms with Crippen LogP contribution in [0, 0.1) is 13.8 Å². The molecular formula is C20H24N2O4. The minimum absolute atomic E-state index is 0.101. The zero-order valence-corrected chi connectivity index (χ0v) is 15.5. The van der Waals surface area contributed by atoms with Crippen molar-refractivity contribution in [2.75, 3.05) is 20.3 Å². The maximum atomic E-state index is 11.9. The first-order valence-corrected chi connectivity index (χ1v) is 8.37. The number of hydrogen-bond acceptors (Lipinski definition) is 5. The second-order valence-electron chi connectivity index (χ2n) is 5.65. The van der Waals surface area contributed by atoms with E-state index in [4.69, 9.17) is 14.2 Å². The standard InChI is InChI=1S/C20H24N2O4/c1-5-25-18-11-16(9-10-17(18)24-4)12-21-22-19(23)13-26-20-14(2)7-6-8-15(20)3/h6-12H,5,13H2,1-4H3,(H,22,23)/b21-12+. The van der Waals surface area contributed by atoms with E-state index in [2.05, 4.69) is 10.5 Å². The first-order valence-electron chi connectivity index (χ1n) is 8.37. The highest BCUT2D eigenvalue weighted by molar-refractivity contribution is 5.83. The van der Waals surface area contributed by atoms with Crippen LogP contribution in [0.5, 0.6) is 17.2 Å². The normalized spacial score (nSPS) is 10.6. The lowest BCUT2D eigenvalue weighted by Crippen LogP contribution is -2.25. The van der Waals surface area contributed by atoms with Gasteiger partial charge in [-0.25, -0.2) is 5.43 Å². The van der Waals surface area contributed by atoms with E-state index in [9.17, 15) is 4.79 Å². The van der Waals surface area contributed by atoms with Gasteiger partial charge in [0.25, 0.3) is 5.91 Å². The molecule has 1 N–H and O–H groups in total. The van der Waals surface area contributed by atoms with Gasteiger partial charge in [0, 0.05) is 0 Å². The second kappa shape index (κ2) is 9.46. The summed E-state index contributed by atoms with van der Waals surface area (Å²) in [5, 5.41) is 3.95. The number of amides is 1. The summed E-state index contributed by atoms with van der Waals surface area (Å²) in [6, 6.07) is 11.2. The van der Waals surface area contributed by atoms with Crippen molar-refractivity contribution in [2.24, 2.45) is 5.10 Å². The zero-order chi connectivity index (χ0) is 18.9. The van der Waals surface area contributed by atoms with Crippen LogP contribution in [0.4, 0.5) is 0 Å². The molecule has 0 aliphatic rings. The SMILES string of the molecule is CCOc1cc(/C=N/NC(=O)COc2c(C)cccc2C)ccc1OC. The molecule has 0 saturated heterocycles. The van der Waals surface area contributed by atoms with Crippen molar-refractivity contribution in [1.82, 2.24) is 5.43 Å². The minimum Gasteiger partial charge on any atom is -0.493 e. The van der Waals surface area contributed by atoms with Gasteiger partial charge in [-0.3, -0.25) is 4.79 Å². The molecule has 0 unspecified atom stereocenters. The number of rotatable bonds is 8. The van der Waals surface area contributed by atoms with Crippen LogP contribution in [0.3, 0.4) is 0 Å². The third-order valence-corrected chi connectivity index (χ3v) is 3.65. The molecule has 0 aromatic heterocycles. The number of hydrogen-bond donors (Lipinski definition) is 1. The molecule has 6 heteroatoms. The molecular weight excluding hydrogens is 332 g/mol. The van der Waals surface area contributed by atoms with Crippen LogP contribution in [0.25, 0.3) is 0 Å². The Kier molecular flexibility index (Phi) is 7.02. The van der Waals surface area contributed by atoms with E-state index in [0.717, 1.165) is 22.4 Å². The summed E-state index contributed by atoms with van der Waals surface area (Å²) in [5.41, 5.74) is 5.21. The van der Waals surface area contributed by atoms with Crippen molar-refractivity contribution in [3.63, 3.8) is 0 Å². The predicted molar refractivity (Wildman–Crippen MR) is 101 cm³/mol. The van der Waals surface area contributed by atoms with Gasteiger partial charge < -0.3 is 14.2 Å². The Morgan fingerprint density at radius 3 is 2.50 bits per heavy atom. The number of nitrogens with zero attached hydrogens (tertiary/aromatic N) is 1. The minimum atomic E-state index is -0.331. The first-order chi connectivity index (χ1) is 12.5. The molecule has 2 aromatic carbocycles. The van der Waals surface area contributed by atoms with Crippen molar-refractivity contribution in [2.45, 2.75) is 20.8 Å². The molecule has 0 heterocycles. The largest absolute Gasteiger partial charge is 0.493 e. The smallest absolute Gasteiger partial charge is 0.277 e. The van der Waals surface area contributed by atoms with Gasteiger partial charge in [-0.2, -0.15) is 5.10 Å². The number of methoxy groups -OCH3 is 1. The molecule has 0 atom stereocenters. The fraction of sp³-hybridized carbons (Fsp3) is 0.300. The number of carbonyl (C=O) groups excluding carboxylic acids is 1. The van der Waals surface area contributed by atoms with Crippen molar-refractivity contribution in [1.29, 1.82) is 0 Å². The van der Waals surface area contributed by atoms with Gasteiger partial charge in [-0.05, 0) is 55.7 Å². The van der Waals surface area contributed by atoms with Crippen LogP contribution in [0.1, 0.15) is 23.6 Å². The highest BCUT2D eigenvalue weighted by atomic mass is 16.5. The molecule has 0 saturated carbocycles. The van der Waals surface area contributed by atoms with Crippen LogP contribution in [0.2, 0.25) is 0 Å². The van der Waals surface area contributed by atoms with Gasteiger partial charge in [-0.1, -0.05) is 18.2 Å². The number of ether oxygens (including phenoxy) is 3. The van der Waals surface area contributed by atoms with Gasteiger partial charge in [0.05, 0.1) is 19.9 Å². The van der Waals surface area contributed by atoms with Crippen molar-refractivity contribution in [3.8, 4) is 17.2 Å². The summed E-state index contributed by atoms with van der Waals surface area (Å²) in [5.74, 6) is 1.67. The fourth-order valence-corrected chi connectivity index (χ4v) is 2.42. The summed E-state index contributed by atoms with van der Waals surface area (Å²) in [6.07, 6.45) is 1.54. The van der Waals surface area contributed by atoms with E-state index in [0.29, 0.717) is 18.1 Å². The predicted octanol–water partition coefficient (Wildman–Crippen LogP) is 3.24. The summed E-state index contributed by atoms with van der Waals surface area (Å²) in [4.78, 5) is 11.9. The Labute approximate surface area is 153 Å². The number of hydrazone groups is 1. The van der Waals surface area contributed by atoms with Gasteiger partial charge in [-0.15, -0.1) is 0 Å². The molecule has 0 aliphatic carbocycles. The fourth-order valence-electron chi connectivity index (χ4n) is 2.42. The van der Waals surface area contributed by atoms with Gasteiger partial charge in [0.15, 0.2) is 18.1 Å². The van der Waals surface area contributed by atoms with E-state index >= 15 is 0 Å². The maximum Gasteiger partial charge on any atom is 0.277 e. The quantitative estimate of drug-likeness (QED) is 0.582. The lowest BCUT2D eigenvalue weighted by Gasteiger charge is -2.11. The van der Waals surface area contributed by atoms with Gasteiger partial charge in [0.1, 0.15) is 5.75 Å². The molecule has 1 amide bonds. The van der Waals surface area contributed by atoms with Crippen molar-refractivity contribution >= 4 is 12.1 Å². The Balaban J connectivity index is 1.91. The highest BCUT2D eigenvalue weighted by Crippen LogP contribution is 2.27. The number of nitrogens with one attached hydrogen (secondary N) is 1. The molecule has 0 spiro atoms. The van der Waals surface area contributed by atoms with Gasteiger partial charge in [0.2, 0.25) is 0 Å². The summed E-state index contributed by atoms with van der Waals surface area (Å²) < 4.78 is 16.3. The monoisotopic (exact) mass is 356 g/mol. The average molecular weight is 356 g/mol. The molecule has 26 heavy (non-hydrogen) atoms. The average Bonchev–Trinajstić information content (AvgIpc) is 2.62. The molecule has 0 bridgehead atoms. The number of para-hydroxylation sites is 1. The lowest BCUT2D eigenvalue weighted by atomic mass is 10.1. The van der Waals surface area contributed by atoms with E-state index in [1.54, 1.807) is 25.5 Å². The summed E-state index contributed by atoms with van der Waals surface area (Å²) >= 11 is 0. The number of carbonyl (C=O) groups is 1. The molecule has 2 rings (SSSR count). The van der Waals surface area contributed by atoms with E-state index in [1.165, 1.54) is 0 Å². The number of benzene rings is 2. The van der Waals surface area contributed by atoms with E-state index < -0.39 is 0 Å². The van der Waals surface area contributed by atoms with Crippen molar-refractivity contribution in [3.05, 3.63) is 53.1 Å². The Hall–Kier alpha value is -3.02. The van der Waals surface area contributed by atoms with E-state index in [1.807, 2.05) is 45.0 Å². The first kappa shape index (κ1) is 19.3. The maximum absolute atomic E-state index is 11.9. The van der Waals surface area contributed by atoms with Crippen LogP contribution < -0.4 is 19.6 Å². The third-order valence-electron chi connectivity index (χ3n) is 3.65. The van der Waals surface area contributed by atoms with Crippen LogP contribution in [0.15, 0.2) is 41.5 Å². The third kappa shape index (κ3) is 5.24. The molecule has 138 valence electrons. The van der Waals surface area contributed by atoms with E-state index in [-0.39, 0.29) is 12.5 Å². The lowest BCUT2D eigenvalue weighted by molar-refractivity contribution is -0.123. The Bertz CT molecular complexity index is 767. The molecule has 6 nitrogen and oxygen atoms in total.